The SMILES string of the molecule is CC1CCN(CC(O)c2cccc(N)c2)C(C)C1. The minimum atomic E-state index is -0.440. The Morgan fingerprint density at radius 1 is 1.44 bits per heavy atom. The Bertz CT molecular complexity index is 394. The van der Waals surface area contributed by atoms with Gasteiger partial charge in [-0.2, -0.15) is 0 Å². The van der Waals surface area contributed by atoms with Crippen molar-refractivity contribution in [1.82, 2.24) is 4.90 Å². The number of benzene rings is 1. The zero-order chi connectivity index (χ0) is 13.1. The van der Waals surface area contributed by atoms with Crippen LogP contribution < -0.4 is 5.73 Å². The number of hydrogen-bond acceptors (Lipinski definition) is 3. The highest BCUT2D eigenvalue weighted by molar-refractivity contribution is 5.41. The van der Waals surface area contributed by atoms with E-state index in [0.717, 1.165) is 18.0 Å². The zero-order valence-corrected chi connectivity index (χ0v) is 11.3. The minimum absolute atomic E-state index is 0.440. The Hall–Kier alpha value is -1.06. The predicted molar refractivity (Wildman–Crippen MR) is 75.2 cm³/mol. The molecule has 100 valence electrons. The molecular formula is C15H24N2O. The maximum atomic E-state index is 10.3. The molecule has 3 nitrogen and oxygen atoms in total. The van der Waals surface area contributed by atoms with Crippen molar-refractivity contribution < 1.29 is 5.11 Å². The Morgan fingerprint density at radius 3 is 2.89 bits per heavy atom. The van der Waals surface area contributed by atoms with Gasteiger partial charge in [-0.1, -0.05) is 19.1 Å². The Morgan fingerprint density at radius 2 is 2.22 bits per heavy atom. The van der Waals surface area contributed by atoms with E-state index >= 15 is 0 Å². The van der Waals surface area contributed by atoms with Crippen LogP contribution in [0.5, 0.6) is 0 Å². The molecule has 0 spiro atoms. The van der Waals surface area contributed by atoms with E-state index in [1.54, 1.807) is 0 Å². The minimum Gasteiger partial charge on any atom is -0.399 e. The lowest BCUT2D eigenvalue weighted by Crippen LogP contribution is -2.42. The lowest BCUT2D eigenvalue weighted by Gasteiger charge is -2.37. The molecular weight excluding hydrogens is 224 g/mol. The number of nitrogens with two attached hydrogens (primary N) is 1. The topological polar surface area (TPSA) is 49.5 Å². The molecule has 0 radical (unpaired) electrons. The van der Waals surface area contributed by atoms with E-state index in [4.69, 9.17) is 5.73 Å². The summed E-state index contributed by atoms with van der Waals surface area (Å²) in [6.45, 7) is 6.35. The molecule has 1 fully saturated rings. The van der Waals surface area contributed by atoms with Crippen LogP contribution in [-0.2, 0) is 0 Å². The molecule has 3 heteroatoms. The van der Waals surface area contributed by atoms with Gasteiger partial charge in [-0.25, -0.2) is 0 Å². The van der Waals surface area contributed by atoms with Gasteiger partial charge in [0.2, 0.25) is 0 Å². The average Bonchev–Trinajstić information content (AvgIpc) is 2.32. The fourth-order valence-corrected chi connectivity index (χ4v) is 2.82. The highest BCUT2D eigenvalue weighted by Gasteiger charge is 2.24. The van der Waals surface area contributed by atoms with E-state index in [1.165, 1.54) is 12.8 Å². The van der Waals surface area contributed by atoms with E-state index < -0.39 is 6.10 Å². The summed E-state index contributed by atoms with van der Waals surface area (Å²) in [6, 6.07) is 8.11. The molecule has 0 amide bonds. The molecule has 3 atom stereocenters. The van der Waals surface area contributed by atoms with E-state index in [0.29, 0.717) is 18.3 Å². The molecule has 2 rings (SSSR count). The fourth-order valence-electron chi connectivity index (χ4n) is 2.82. The smallest absolute Gasteiger partial charge is 0.0917 e. The van der Waals surface area contributed by atoms with Crippen molar-refractivity contribution in [3.8, 4) is 0 Å². The van der Waals surface area contributed by atoms with Gasteiger partial charge in [0.1, 0.15) is 0 Å². The van der Waals surface area contributed by atoms with Crippen LogP contribution in [0.1, 0.15) is 38.4 Å². The number of piperidine rings is 1. The van der Waals surface area contributed by atoms with E-state index in [1.807, 2.05) is 24.3 Å². The first-order chi connectivity index (χ1) is 8.56. The molecule has 1 saturated heterocycles. The van der Waals surface area contributed by atoms with Crippen LogP contribution in [0.2, 0.25) is 0 Å². The molecule has 0 bridgehead atoms. The highest BCUT2D eigenvalue weighted by Crippen LogP contribution is 2.25. The molecule has 0 aliphatic carbocycles. The van der Waals surface area contributed by atoms with Crippen LogP contribution in [0.3, 0.4) is 0 Å². The van der Waals surface area contributed by atoms with Gasteiger partial charge >= 0.3 is 0 Å². The molecule has 1 aromatic carbocycles. The van der Waals surface area contributed by atoms with Gasteiger partial charge in [-0.3, -0.25) is 4.90 Å². The number of likely N-dealkylation sites (tertiary alicyclic amines) is 1. The standard InChI is InChI=1S/C15H24N2O/c1-11-6-7-17(12(2)8-11)10-15(18)13-4-3-5-14(16)9-13/h3-5,9,11-12,15,18H,6-8,10,16H2,1-2H3. The number of hydrogen-bond donors (Lipinski definition) is 2. The van der Waals surface area contributed by atoms with Crippen molar-refractivity contribution in [2.75, 3.05) is 18.8 Å². The molecule has 3 unspecified atom stereocenters. The molecule has 1 aliphatic heterocycles. The van der Waals surface area contributed by atoms with Crippen LogP contribution in [0.25, 0.3) is 0 Å². The number of aliphatic hydroxyl groups is 1. The summed E-state index contributed by atoms with van der Waals surface area (Å²) in [5.41, 5.74) is 7.38. The Kier molecular flexibility index (Phi) is 4.25. The van der Waals surface area contributed by atoms with Crippen molar-refractivity contribution in [3.63, 3.8) is 0 Å². The summed E-state index contributed by atoms with van der Waals surface area (Å²) >= 11 is 0. The molecule has 1 heterocycles. The maximum absolute atomic E-state index is 10.3. The number of nitrogen functional groups attached to an aromatic ring is 1. The normalized spacial score (nSPS) is 27.1. The molecule has 3 N–H and O–H groups in total. The number of β-amino-alcohol motifs (C(OH)–C–C–N with tert-alkyl or cyclic N) is 1. The second-order valence-electron chi connectivity index (χ2n) is 5.66. The third-order valence-electron chi connectivity index (χ3n) is 3.98. The first kappa shape index (κ1) is 13.4. The monoisotopic (exact) mass is 248 g/mol. The third-order valence-corrected chi connectivity index (χ3v) is 3.98. The summed E-state index contributed by atoms with van der Waals surface area (Å²) in [7, 11) is 0. The molecule has 1 aromatic rings. The second-order valence-corrected chi connectivity index (χ2v) is 5.66. The quantitative estimate of drug-likeness (QED) is 0.808. The van der Waals surface area contributed by atoms with E-state index in [2.05, 4.69) is 18.7 Å². The number of anilines is 1. The summed E-state index contributed by atoms with van der Waals surface area (Å²) in [5.74, 6) is 0.806. The average molecular weight is 248 g/mol. The Balaban J connectivity index is 1.97. The van der Waals surface area contributed by atoms with Crippen LogP contribution in [0.4, 0.5) is 5.69 Å². The molecule has 0 aromatic heterocycles. The molecule has 0 saturated carbocycles. The van der Waals surface area contributed by atoms with Gasteiger partial charge in [-0.15, -0.1) is 0 Å². The first-order valence-corrected chi connectivity index (χ1v) is 6.84. The van der Waals surface area contributed by atoms with Gasteiger partial charge in [0.25, 0.3) is 0 Å². The largest absolute Gasteiger partial charge is 0.399 e. The van der Waals surface area contributed by atoms with E-state index in [9.17, 15) is 5.11 Å². The highest BCUT2D eigenvalue weighted by atomic mass is 16.3. The van der Waals surface area contributed by atoms with Gasteiger partial charge in [0.15, 0.2) is 0 Å². The summed E-state index contributed by atoms with van der Waals surface area (Å²) < 4.78 is 0. The van der Waals surface area contributed by atoms with Gasteiger partial charge < -0.3 is 10.8 Å². The van der Waals surface area contributed by atoms with Crippen molar-refractivity contribution in [2.45, 2.75) is 38.8 Å². The van der Waals surface area contributed by atoms with Crippen LogP contribution in [-0.4, -0.2) is 29.1 Å². The number of rotatable bonds is 3. The maximum Gasteiger partial charge on any atom is 0.0917 e. The lowest BCUT2D eigenvalue weighted by molar-refractivity contribution is 0.0601. The van der Waals surface area contributed by atoms with Gasteiger partial charge in [-0.05, 0) is 49.9 Å². The van der Waals surface area contributed by atoms with Crippen molar-refractivity contribution in [3.05, 3.63) is 29.8 Å². The summed E-state index contributed by atoms with van der Waals surface area (Å²) in [6.07, 6.45) is 2.02. The van der Waals surface area contributed by atoms with Crippen LogP contribution in [0.15, 0.2) is 24.3 Å². The number of nitrogens with zero attached hydrogens (tertiary/aromatic N) is 1. The predicted octanol–water partition coefficient (Wildman–Crippen LogP) is 2.42. The van der Waals surface area contributed by atoms with Crippen molar-refractivity contribution in [1.29, 1.82) is 0 Å². The first-order valence-electron chi connectivity index (χ1n) is 6.84. The molecule has 18 heavy (non-hydrogen) atoms. The Labute approximate surface area is 110 Å². The van der Waals surface area contributed by atoms with Crippen LogP contribution in [0, 0.1) is 5.92 Å². The summed E-state index contributed by atoms with van der Waals surface area (Å²) in [5, 5.41) is 10.3. The van der Waals surface area contributed by atoms with Gasteiger partial charge in [0.05, 0.1) is 6.10 Å². The molecule has 1 aliphatic rings. The van der Waals surface area contributed by atoms with Crippen molar-refractivity contribution >= 4 is 5.69 Å². The van der Waals surface area contributed by atoms with Crippen LogP contribution >= 0.6 is 0 Å². The third kappa shape index (κ3) is 3.24. The van der Waals surface area contributed by atoms with Gasteiger partial charge in [0, 0.05) is 18.3 Å². The second kappa shape index (κ2) is 5.72. The number of aliphatic hydroxyl groups excluding tert-OH is 1. The zero-order valence-electron chi connectivity index (χ0n) is 11.3. The van der Waals surface area contributed by atoms with E-state index in [-0.39, 0.29) is 0 Å². The van der Waals surface area contributed by atoms with Crippen molar-refractivity contribution in [2.24, 2.45) is 5.92 Å². The summed E-state index contributed by atoms with van der Waals surface area (Å²) in [4.78, 5) is 2.38. The fraction of sp³-hybridized carbons (Fsp3) is 0.600. The lowest BCUT2D eigenvalue weighted by atomic mass is 9.93.